The summed E-state index contributed by atoms with van der Waals surface area (Å²) in [5.41, 5.74) is 0.841. The molecule has 1 aromatic carbocycles. The number of aromatic nitrogens is 1. The lowest BCUT2D eigenvalue weighted by atomic mass is 10.2. The number of hydrogen-bond donors (Lipinski definition) is 0. The average Bonchev–Trinajstić information content (AvgIpc) is 2.17. The van der Waals surface area contributed by atoms with Crippen LogP contribution in [0.15, 0.2) is 35.4 Å². The molecule has 2 aromatic rings. The molecule has 1 heterocycles. The quantitative estimate of drug-likeness (QED) is 0.645. The van der Waals surface area contributed by atoms with Gasteiger partial charge >= 0.3 is 0 Å². The second kappa shape index (κ2) is 3.34. The van der Waals surface area contributed by atoms with Crippen LogP contribution in [-0.4, -0.2) is 11.2 Å². The molecule has 0 unspecified atom stereocenters. The van der Waals surface area contributed by atoms with Gasteiger partial charge in [-0.05, 0) is 24.5 Å². The Balaban J connectivity index is 2.74. The summed E-state index contributed by atoms with van der Waals surface area (Å²) in [6.45, 7) is 0. The summed E-state index contributed by atoms with van der Waals surface area (Å²) < 4.78 is 13.3. The van der Waals surface area contributed by atoms with Crippen LogP contribution in [0.3, 0.4) is 0 Å². The molecule has 0 saturated carbocycles. The summed E-state index contributed by atoms with van der Waals surface area (Å²) in [7, 11) is 0. The highest BCUT2D eigenvalue weighted by Gasteiger charge is 2.02. The molecule has 0 radical (unpaired) electrons. The third kappa shape index (κ3) is 1.52. The van der Waals surface area contributed by atoms with Crippen molar-refractivity contribution in [1.29, 1.82) is 0 Å². The smallest absolute Gasteiger partial charge is 0.137 e. The van der Waals surface area contributed by atoms with Gasteiger partial charge in [-0.15, -0.1) is 11.8 Å². The number of hydrogen-bond acceptors (Lipinski definition) is 2. The Morgan fingerprint density at radius 3 is 3.00 bits per heavy atom. The van der Waals surface area contributed by atoms with Crippen LogP contribution in [-0.2, 0) is 0 Å². The van der Waals surface area contributed by atoms with Gasteiger partial charge in [0.25, 0.3) is 0 Å². The number of thioether (sulfide) groups is 1. The van der Waals surface area contributed by atoms with E-state index in [9.17, 15) is 4.39 Å². The second-order valence-electron chi connectivity index (χ2n) is 2.68. The van der Waals surface area contributed by atoms with Crippen LogP contribution in [0.1, 0.15) is 0 Å². The van der Waals surface area contributed by atoms with E-state index in [2.05, 4.69) is 4.98 Å². The first-order chi connectivity index (χ1) is 6.31. The largest absolute Gasteiger partial charge is 0.256 e. The van der Waals surface area contributed by atoms with Crippen molar-refractivity contribution in [2.24, 2.45) is 0 Å². The van der Waals surface area contributed by atoms with E-state index in [1.165, 1.54) is 17.8 Å². The molecule has 3 heteroatoms. The van der Waals surface area contributed by atoms with E-state index in [4.69, 9.17) is 0 Å². The van der Waals surface area contributed by atoms with Crippen molar-refractivity contribution in [1.82, 2.24) is 4.98 Å². The van der Waals surface area contributed by atoms with Gasteiger partial charge in [0.05, 0.1) is 5.52 Å². The molecule has 0 spiro atoms. The van der Waals surface area contributed by atoms with E-state index in [0.29, 0.717) is 4.90 Å². The first-order valence-electron chi connectivity index (χ1n) is 3.89. The van der Waals surface area contributed by atoms with Crippen molar-refractivity contribution < 1.29 is 4.39 Å². The summed E-state index contributed by atoms with van der Waals surface area (Å²) in [6.07, 6.45) is 3.57. The Hall–Kier alpha value is -1.09. The van der Waals surface area contributed by atoms with Crippen LogP contribution in [0.2, 0.25) is 0 Å². The topological polar surface area (TPSA) is 12.9 Å². The normalized spacial score (nSPS) is 10.6. The Bertz CT molecular complexity index is 442. The lowest BCUT2D eigenvalue weighted by molar-refractivity contribution is 0.604. The number of fused-ring (bicyclic) bond motifs is 1. The summed E-state index contributed by atoms with van der Waals surface area (Å²) in [5, 5.41) is 0.845. The molecule has 1 nitrogen and oxygen atoms in total. The van der Waals surface area contributed by atoms with Gasteiger partial charge in [0.15, 0.2) is 0 Å². The fourth-order valence-electron chi connectivity index (χ4n) is 1.23. The van der Waals surface area contributed by atoms with Crippen molar-refractivity contribution in [2.45, 2.75) is 4.90 Å². The predicted molar refractivity (Wildman–Crippen MR) is 53.5 cm³/mol. The molecular weight excluding hydrogens is 185 g/mol. The van der Waals surface area contributed by atoms with Gasteiger partial charge in [0.1, 0.15) is 5.82 Å². The van der Waals surface area contributed by atoms with Crippen LogP contribution in [0.5, 0.6) is 0 Å². The monoisotopic (exact) mass is 193 g/mol. The summed E-state index contributed by atoms with van der Waals surface area (Å²) in [6, 6.07) is 6.96. The van der Waals surface area contributed by atoms with Crippen LogP contribution in [0.25, 0.3) is 10.9 Å². The van der Waals surface area contributed by atoms with E-state index in [-0.39, 0.29) is 5.82 Å². The van der Waals surface area contributed by atoms with Gasteiger partial charge < -0.3 is 0 Å². The second-order valence-corrected chi connectivity index (χ2v) is 3.53. The lowest BCUT2D eigenvalue weighted by Crippen LogP contribution is -1.83. The highest BCUT2D eigenvalue weighted by Crippen LogP contribution is 2.23. The fourth-order valence-corrected chi connectivity index (χ4v) is 1.71. The molecule has 0 aliphatic rings. The number of nitrogens with zero attached hydrogens (tertiary/aromatic N) is 1. The van der Waals surface area contributed by atoms with E-state index in [0.717, 1.165) is 10.9 Å². The highest BCUT2D eigenvalue weighted by atomic mass is 32.2. The molecular formula is C10H8FNS. The summed E-state index contributed by atoms with van der Waals surface area (Å²) in [4.78, 5) is 4.80. The molecule has 0 atom stereocenters. The van der Waals surface area contributed by atoms with Crippen LogP contribution < -0.4 is 0 Å². The first kappa shape index (κ1) is 8.51. The minimum Gasteiger partial charge on any atom is -0.256 e. The molecule has 0 aliphatic heterocycles. The standard InChI is InChI=1S/C10H8FNS/c1-13-10-6-9-7(5-8(10)11)3-2-4-12-9/h2-6H,1H3. The predicted octanol–water partition coefficient (Wildman–Crippen LogP) is 3.10. The molecule has 0 saturated heterocycles. The van der Waals surface area contributed by atoms with Gasteiger partial charge in [-0.25, -0.2) is 4.39 Å². The summed E-state index contributed by atoms with van der Waals surface area (Å²) >= 11 is 1.40. The third-order valence-electron chi connectivity index (χ3n) is 1.88. The molecule has 2 rings (SSSR count). The van der Waals surface area contributed by atoms with Crippen LogP contribution >= 0.6 is 11.8 Å². The number of benzene rings is 1. The molecule has 0 N–H and O–H groups in total. The fraction of sp³-hybridized carbons (Fsp3) is 0.100. The molecule has 66 valence electrons. The number of pyridine rings is 1. The maximum Gasteiger partial charge on any atom is 0.137 e. The third-order valence-corrected chi connectivity index (χ3v) is 2.63. The molecule has 0 fully saturated rings. The molecule has 0 bridgehead atoms. The maximum absolute atomic E-state index is 13.3. The van der Waals surface area contributed by atoms with Gasteiger partial charge in [-0.2, -0.15) is 0 Å². The zero-order chi connectivity index (χ0) is 9.26. The van der Waals surface area contributed by atoms with Crippen LogP contribution in [0, 0.1) is 5.82 Å². The Morgan fingerprint density at radius 2 is 2.23 bits per heavy atom. The Kier molecular flexibility index (Phi) is 2.19. The zero-order valence-corrected chi connectivity index (χ0v) is 7.94. The van der Waals surface area contributed by atoms with Crippen molar-refractivity contribution in [3.63, 3.8) is 0 Å². The van der Waals surface area contributed by atoms with Crippen molar-refractivity contribution in [3.05, 3.63) is 36.3 Å². The van der Waals surface area contributed by atoms with Gasteiger partial charge in [0.2, 0.25) is 0 Å². The molecule has 0 aliphatic carbocycles. The zero-order valence-electron chi connectivity index (χ0n) is 7.12. The Labute approximate surface area is 80.0 Å². The van der Waals surface area contributed by atoms with E-state index < -0.39 is 0 Å². The lowest BCUT2D eigenvalue weighted by Gasteiger charge is -2.01. The Morgan fingerprint density at radius 1 is 1.38 bits per heavy atom. The first-order valence-corrected chi connectivity index (χ1v) is 5.12. The highest BCUT2D eigenvalue weighted by molar-refractivity contribution is 7.98. The van der Waals surface area contributed by atoms with Gasteiger partial charge in [-0.1, -0.05) is 6.07 Å². The van der Waals surface area contributed by atoms with Crippen molar-refractivity contribution in [2.75, 3.05) is 6.26 Å². The average molecular weight is 193 g/mol. The minimum absolute atomic E-state index is 0.173. The van der Waals surface area contributed by atoms with E-state index in [1.807, 2.05) is 12.3 Å². The van der Waals surface area contributed by atoms with Crippen molar-refractivity contribution in [3.8, 4) is 0 Å². The van der Waals surface area contributed by atoms with E-state index >= 15 is 0 Å². The van der Waals surface area contributed by atoms with Crippen molar-refractivity contribution >= 4 is 22.7 Å². The number of rotatable bonds is 1. The molecule has 0 amide bonds. The SMILES string of the molecule is CSc1cc2ncccc2cc1F. The van der Waals surface area contributed by atoms with E-state index in [1.54, 1.807) is 18.3 Å². The molecule has 1 aromatic heterocycles. The minimum atomic E-state index is -0.173. The van der Waals surface area contributed by atoms with Crippen LogP contribution in [0.4, 0.5) is 4.39 Å². The number of halogens is 1. The van der Waals surface area contributed by atoms with Gasteiger partial charge in [0, 0.05) is 16.5 Å². The maximum atomic E-state index is 13.3. The summed E-state index contributed by atoms with van der Waals surface area (Å²) in [5.74, 6) is -0.173. The van der Waals surface area contributed by atoms with Gasteiger partial charge in [-0.3, -0.25) is 4.98 Å². The molecule has 13 heavy (non-hydrogen) atoms.